The second kappa shape index (κ2) is 4.78. The van der Waals surface area contributed by atoms with Crippen LogP contribution in [0.5, 0.6) is 0 Å². The molecule has 1 aliphatic rings. The van der Waals surface area contributed by atoms with Gasteiger partial charge in [-0.25, -0.2) is 0 Å². The lowest BCUT2D eigenvalue weighted by atomic mass is 10.0. The minimum atomic E-state index is 0.0100. The molecule has 0 atom stereocenters. The number of nitrogens with one attached hydrogen (secondary N) is 1. The number of benzene rings is 1. The molecule has 4 nitrogen and oxygen atoms in total. The molecule has 0 aliphatic heterocycles. The summed E-state index contributed by atoms with van der Waals surface area (Å²) < 4.78 is 1.94. The quantitative estimate of drug-likeness (QED) is 0.909. The highest BCUT2D eigenvalue weighted by atomic mass is 16.1. The van der Waals surface area contributed by atoms with E-state index in [1.54, 1.807) is 6.92 Å². The first kappa shape index (κ1) is 12.9. The Hall–Kier alpha value is -2.10. The average molecular weight is 269 g/mol. The van der Waals surface area contributed by atoms with Crippen molar-refractivity contribution in [2.75, 3.05) is 6.54 Å². The van der Waals surface area contributed by atoms with Gasteiger partial charge in [0.25, 0.3) is 0 Å². The molecule has 1 aromatic carbocycles. The molecule has 2 aromatic rings. The summed E-state index contributed by atoms with van der Waals surface area (Å²) >= 11 is 0. The molecule has 0 unspecified atom stereocenters. The molecule has 0 spiro atoms. The number of allylic oxidation sites excluding steroid dienone is 1. The first-order chi connectivity index (χ1) is 9.58. The molecule has 1 amide bonds. The van der Waals surface area contributed by atoms with Gasteiger partial charge in [0, 0.05) is 31.6 Å². The van der Waals surface area contributed by atoms with Crippen LogP contribution >= 0.6 is 0 Å². The van der Waals surface area contributed by atoms with Gasteiger partial charge in [-0.15, -0.1) is 0 Å². The number of hydrogen-bond acceptors (Lipinski definition) is 2. The summed E-state index contributed by atoms with van der Waals surface area (Å²) in [5.74, 6) is 0.0100. The van der Waals surface area contributed by atoms with Gasteiger partial charge in [0.15, 0.2) is 0 Å². The van der Waals surface area contributed by atoms with Crippen molar-refractivity contribution in [3.8, 4) is 0 Å². The number of carbonyl (C=O) groups excluding carboxylic acids is 1. The third-order valence-corrected chi connectivity index (χ3v) is 4.06. The maximum atomic E-state index is 11.0. The Morgan fingerprint density at radius 2 is 2.25 bits per heavy atom. The van der Waals surface area contributed by atoms with E-state index >= 15 is 0 Å². The Kier molecular flexibility index (Phi) is 3.08. The lowest BCUT2D eigenvalue weighted by molar-refractivity contribution is -0.118. The van der Waals surface area contributed by atoms with E-state index < -0.39 is 0 Å². The summed E-state index contributed by atoms with van der Waals surface area (Å²) in [4.78, 5) is 11.0. The summed E-state index contributed by atoms with van der Waals surface area (Å²) in [7, 11) is 1.98. The highest BCUT2D eigenvalue weighted by Gasteiger charge is 2.21. The average Bonchev–Trinajstić information content (AvgIpc) is 2.92. The number of amides is 1. The van der Waals surface area contributed by atoms with Crippen LogP contribution in [0.25, 0.3) is 16.5 Å². The Labute approximate surface area is 118 Å². The van der Waals surface area contributed by atoms with E-state index in [1.165, 1.54) is 27.8 Å². The number of aryl methyl sites for hydroxylation is 3. The predicted molar refractivity (Wildman–Crippen MR) is 80.4 cm³/mol. The van der Waals surface area contributed by atoms with E-state index in [1.807, 2.05) is 11.7 Å². The maximum absolute atomic E-state index is 11.0. The standard InChI is InChI=1S/C16H19N3O/c1-10-15-14(18-19(10)3)7-6-12-4-5-13(16(12)15)8-9-17-11(2)20/h6-8H,4-5,9H2,1-3H3,(H,17,20)/b13-8+. The second-order valence-electron chi connectivity index (χ2n) is 5.37. The molecule has 0 bridgehead atoms. The van der Waals surface area contributed by atoms with Gasteiger partial charge < -0.3 is 5.32 Å². The van der Waals surface area contributed by atoms with Crippen LogP contribution in [-0.2, 0) is 18.3 Å². The molecule has 3 rings (SSSR count). The Balaban J connectivity index is 2.09. The molecule has 1 aromatic heterocycles. The zero-order valence-corrected chi connectivity index (χ0v) is 12.2. The van der Waals surface area contributed by atoms with Crippen LogP contribution in [0.15, 0.2) is 18.2 Å². The molecule has 0 saturated heterocycles. The van der Waals surface area contributed by atoms with Crippen molar-refractivity contribution >= 4 is 22.4 Å². The minimum absolute atomic E-state index is 0.0100. The fourth-order valence-electron chi connectivity index (χ4n) is 2.97. The van der Waals surface area contributed by atoms with E-state index in [9.17, 15) is 4.79 Å². The summed E-state index contributed by atoms with van der Waals surface area (Å²) in [6.45, 7) is 4.25. The summed E-state index contributed by atoms with van der Waals surface area (Å²) in [5.41, 5.74) is 6.30. The lowest BCUT2D eigenvalue weighted by Gasteiger charge is -2.05. The largest absolute Gasteiger partial charge is 0.353 e. The van der Waals surface area contributed by atoms with E-state index in [2.05, 4.69) is 35.5 Å². The molecular formula is C16H19N3O. The van der Waals surface area contributed by atoms with Crippen LogP contribution in [0.4, 0.5) is 0 Å². The molecule has 104 valence electrons. The number of aromatic nitrogens is 2. The number of fused-ring (bicyclic) bond motifs is 3. The van der Waals surface area contributed by atoms with Crippen LogP contribution in [-0.4, -0.2) is 22.2 Å². The van der Waals surface area contributed by atoms with Crippen molar-refractivity contribution in [1.29, 1.82) is 0 Å². The number of carbonyl (C=O) groups is 1. The molecule has 1 N–H and O–H groups in total. The van der Waals surface area contributed by atoms with Crippen LogP contribution in [0, 0.1) is 6.92 Å². The fraction of sp³-hybridized carbons (Fsp3) is 0.375. The van der Waals surface area contributed by atoms with Crippen molar-refractivity contribution in [2.24, 2.45) is 7.05 Å². The van der Waals surface area contributed by atoms with Gasteiger partial charge in [-0.1, -0.05) is 12.1 Å². The number of hydrogen-bond donors (Lipinski definition) is 1. The van der Waals surface area contributed by atoms with Gasteiger partial charge in [0.2, 0.25) is 5.91 Å². The maximum Gasteiger partial charge on any atom is 0.217 e. The summed E-state index contributed by atoms with van der Waals surface area (Å²) in [6.07, 6.45) is 4.26. The van der Waals surface area contributed by atoms with Crippen molar-refractivity contribution in [3.63, 3.8) is 0 Å². The molecule has 1 aliphatic carbocycles. The Bertz CT molecular complexity index is 725. The Morgan fingerprint density at radius 3 is 3.00 bits per heavy atom. The SMILES string of the molecule is CC(=O)NC/C=C1\CCc2ccc3nn(C)c(C)c3c21. The van der Waals surface area contributed by atoms with Crippen LogP contribution in [0.2, 0.25) is 0 Å². The first-order valence-electron chi connectivity index (χ1n) is 6.97. The molecule has 0 fully saturated rings. The van der Waals surface area contributed by atoms with Gasteiger partial charge in [-0.3, -0.25) is 9.48 Å². The monoisotopic (exact) mass is 269 g/mol. The van der Waals surface area contributed by atoms with Gasteiger partial charge in [0.1, 0.15) is 0 Å². The van der Waals surface area contributed by atoms with E-state index in [4.69, 9.17) is 0 Å². The number of nitrogens with zero attached hydrogens (tertiary/aromatic N) is 2. The Morgan fingerprint density at radius 1 is 1.45 bits per heavy atom. The summed E-state index contributed by atoms with van der Waals surface area (Å²) in [5, 5.41) is 8.65. The third kappa shape index (κ3) is 2.01. The molecule has 20 heavy (non-hydrogen) atoms. The predicted octanol–water partition coefficient (Wildman–Crippen LogP) is 2.35. The van der Waals surface area contributed by atoms with Crippen LogP contribution < -0.4 is 5.32 Å². The van der Waals surface area contributed by atoms with Crippen molar-refractivity contribution in [1.82, 2.24) is 15.1 Å². The number of rotatable bonds is 2. The molecule has 0 saturated carbocycles. The third-order valence-electron chi connectivity index (χ3n) is 4.06. The topological polar surface area (TPSA) is 46.9 Å². The second-order valence-corrected chi connectivity index (χ2v) is 5.37. The van der Waals surface area contributed by atoms with Gasteiger partial charge in [0.05, 0.1) is 5.52 Å². The first-order valence-corrected chi connectivity index (χ1v) is 6.97. The van der Waals surface area contributed by atoms with Crippen molar-refractivity contribution in [3.05, 3.63) is 35.0 Å². The van der Waals surface area contributed by atoms with Crippen molar-refractivity contribution in [2.45, 2.75) is 26.7 Å². The summed E-state index contributed by atoms with van der Waals surface area (Å²) in [6, 6.07) is 4.29. The molecule has 4 heteroatoms. The zero-order valence-electron chi connectivity index (χ0n) is 12.2. The van der Waals surface area contributed by atoms with Crippen LogP contribution in [0.3, 0.4) is 0 Å². The van der Waals surface area contributed by atoms with Gasteiger partial charge in [-0.05, 0) is 42.5 Å². The highest BCUT2D eigenvalue weighted by molar-refractivity contribution is 5.96. The molecule has 1 heterocycles. The van der Waals surface area contributed by atoms with Gasteiger partial charge in [-0.2, -0.15) is 5.10 Å². The highest BCUT2D eigenvalue weighted by Crippen LogP contribution is 2.38. The van der Waals surface area contributed by atoms with Gasteiger partial charge >= 0.3 is 0 Å². The van der Waals surface area contributed by atoms with E-state index in [0.717, 1.165) is 18.4 Å². The normalized spacial score (nSPS) is 15.8. The lowest BCUT2D eigenvalue weighted by Crippen LogP contribution is -2.19. The van der Waals surface area contributed by atoms with E-state index in [0.29, 0.717) is 6.54 Å². The van der Waals surface area contributed by atoms with Crippen LogP contribution in [0.1, 0.15) is 30.2 Å². The minimum Gasteiger partial charge on any atom is -0.353 e. The van der Waals surface area contributed by atoms with E-state index in [-0.39, 0.29) is 5.91 Å². The molecule has 0 radical (unpaired) electrons. The zero-order chi connectivity index (χ0) is 14.3. The molecular weight excluding hydrogens is 250 g/mol. The smallest absolute Gasteiger partial charge is 0.217 e. The fourth-order valence-corrected chi connectivity index (χ4v) is 2.97. The van der Waals surface area contributed by atoms with Crippen molar-refractivity contribution < 1.29 is 4.79 Å².